The van der Waals surface area contributed by atoms with Crippen molar-refractivity contribution in [1.29, 1.82) is 0 Å². The highest BCUT2D eigenvalue weighted by atomic mass is 79.9. The first kappa shape index (κ1) is 13.8. The second-order valence-electron chi connectivity index (χ2n) is 3.43. The highest BCUT2D eigenvalue weighted by Crippen LogP contribution is 2.29. The van der Waals surface area contributed by atoms with E-state index in [0.29, 0.717) is 15.1 Å². The van der Waals surface area contributed by atoms with E-state index in [9.17, 15) is 13.2 Å². The van der Waals surface area contributed by atoms with E-state index in [1.165, 1.54) is 0 Å². The molecule has 0 aliphatic heterocycles. The van der Waals surface area contributed by atoms with Gasteiger partial charge in [0, 0.05) is 16.9 Å². The highest BCUT2D eigenvalue weighted by molar-refractivity contribution is 9.10. The van der Waals surface area contributed by atoms with E-state index in [0.717, 1.165) is 0 Å². The normalized spacial score (nSPS) is 13.9. The fraction of sp³-hybridized carbons (Fsp3) is 0.400. The largest absolute Gasteiger partial charge is 0.389 e. The first-order chi connectivity index (χ1) is 7.29. The Balaban J connectivity index is 2.66. The average Bonchev–Trinajstić information content (AvgIpc) is 2.17. The van der Waals surface area contributed by atoms with Gasteiger partial charge in [-0.3, -0.25) is 0 Å². The molecule has 0 saturated heterocycles. The second-order valence-corrected chi connectivity index (χ2v) is 4.70. The molecule has 0 heterocycles. The van der Waals surface area contributed by atoms with E-state index in [1.54, 1.807) is 18.2 Å². The van der Waals surface area contributed by atoms with Gasteiger partial charge in [0.15, 0.2) is 0 Å². The zero-order valence-corrected chi connectivity index (χ0v) is 10.5. The number of benzene rings is 1. The van der Waals surface area contributed by atoms with Crippen LogP contribution in [-0.2, 0) is 0 Å². The van der Waals surface area contributed by atoms with Crippen LogP contribution in [0.25, 0.3) is 0 Å². The van der Waals surface area contributed by atoms with Gasteiger partial charge in [-0.15, -0.1) is 0 Å². The molecule has 1 rings (SSSR count). The lowest BCUT2D eigenvalue weighted by Gasteiger charge is -2.14. The number of rotatable bonds is 3. The molecule has 0 radical (unpaired) electrons. The fourth-order valence-electron chi connectivity index (χ4n) is 1.23. The van der Waals surface area contributed by atoms with E-state index in [4.69, 9.17) is 17.3 Å². The summed E-state index contributed by atoms with van der Waals surface area (Å²) >= 11 is 8.96. The van der Waals surface area contributed by atoms with Gasteiger partial charge >= 0.3 is 6.18 Å². The van der Waals surface area contributed by atoms with E-state index < -0.39 is 18.6 Å². The van der Waals surface area contributed by atoms with Crippen molar-refractivity contribution in [2.75, 3.05) is 0 Å². The van der Waals surface area contributed by atoms with Gasteiger partial charge < -0.3 is 5.73 Å². The predicted molar refractivity (Wildman–Crippen MR) is 61.4 cm³/mol. The number of halogens is 5. The van der Waals surface area contributed by atoms with Gasteiger partial charge in [-0.2, -0.15) is 13.2 Å². The summed E-state index contributed by atoms with van der Waals surface area (Å²) in [4.78, 5) is 0. The third kappa shape index (κ3) is 4.31. The summed E-state index contributed by atoms with van der Waals surface area (Å²) in [6, 6.07) is 4.25. The van der Waals surface area contributed by atoms with Gasteiger partial charge in [-0.05, 0) is 40.0 Å². The Hall–Kier alpha value is -0.260. The Morgan fingerprint density at radius 1 is 1.38 bits per heavy atom. The molecule has 0 spiro atoms. The van der Waals surface area contributed by atoms with Crippen LogP contribution in [-0.4, -0.2) is 6.18 Å². The smallest absolute Gasteiger partial charge is 0.324 e. The van der Waals surface area contributed by atoms with Crippen molar-refractivity contribution in [3.05, 3.63) is 33.3 Å². The third-order valence-electron chi connectivity index (χ3n) is 2.11. The van der Waals surface area contributed by atoms with Crippen molar-refractivity contribution >= 4 is 27.5 Å². The van der Waals surface area contributed by atoms with Gasteiger partial charge in [0.25, 0.3) is 0 Å². The Morgan fingerprint density at radius 3 is 2.50 bits per heavy atom. The molecule has 90 valence electrons. The lowest BCUT2D eigenvalue weighted by Crippen LogP contribution is -2.15. The molecule has 0 bridgehead atoms. The number of alkyl halides is 3. The standard InChI is InChI=1S/C10H10BrClF3N/c11-7-5-6(1-2-8(7)12)9(16)3-4-10(13,14)15/h1-2,5,9H,3-4,16H2. The second kappa shape index (κ2) is 5.38. The molecule has 1 unspecified atom stereocenters. The summed E-state index contributed by atoms with van der Waals surface area (Å²) in [6.07, 6.45) is -5.17. The lowest BCUT2D eigenvalue weighted by atomic mass is 10.0. The van der Waals surface area contributed by atoms with E-state index in [2.05, 4.69) is 15.9 Å². The molecular formula is C10H10BrClF3N. The Labute approximate surface area is 105 Å². The molecule has 1 nitrogen and oxygen atoms in total. The number of hydrogen-bond donors (Lipinski definition) is 1. The number of hydrogen-bond acceptors (Lipinski definition) is 1. The van der Waals surface area contributed by atoms with Gasteiger partial charge in [0.2, 0.25) is 0 Å². The molecule has 0 aliphatic carbocycles. The van der Waals surface area contributed by atoms with Crippen LogP contribution in [0.4, 0.5) is 13.2 Å². The average molecular weight is 317 g/mol. The maximum atomic E-state index is 12.0. The van der Waals surface area contributed by atoms with Gasteiger partial charge in [0.05, 0.1) is 5.02 Å². The molecule has 0 amide bonds. The molecule has 0 saturated carbocycles. The van der Waals surface area contributed by atoms with Crippen LogP contribution in [0.15, 0.2) is 22.7 Å². The van der Waals surface area contributed by atoms with Crippen molar-refractivity contribution in [2.45, 2.75) is 25.1 Å². The Bertz CT molecular complexity index is 368. The van der Waals surface area contributed by atoms with Crippen LogP contribution in [0.5, 0.6) is 0 Å². The summed E-state index contributed by atoms with van der Waals surface area (Å²) < 4.78 is 36.6. The predicted octanol–water partition coefficient (Wildman–Crippen LogP) is 4.44. The Morgan fingerprint density at radius 2 is 2.00 bits per heavy atom. The molecule has 6 heteroatoms. The van der Waals surface area contributed by atoms with Crippen LogP contribution >= 0.6 is 27.5 Å². The molecule has 0 fully saturated rings. The molecule has 1 aromatic rings. The molecule has 2 N–H and O–H groups in total. The van der Waals surface area contributed by atoms with Crippen LogP contribution in [0.1, 0.15) is 24.4 Å². The molecule has 0 aliphatic rings. The summed E-state index contributed by atoms with van der Waals surface area (Å²) in [5.74, 6) is 0. The highest BCUT2D eigenvalue weighted by Gasteiger charge is 2.27. The van der Waals surface area contributed by atoms with Gasteiger partial charge in [-0.1, -0.05) is 17.7 Å². The summed E-state index contributed by atoms with van der Waals surface area (Å²) in [7, 11) is 0. The maximum Gasteiger partial charge on any atom is 0.389 e. The van der Waals surface area contributed by atoms with Crippen molar-refractivity contribution in [2.24, 2.45) is 5.73 Å². The van der Waals surface area contributed by atoms with Gasteiger partial charge in [0.1, 0.15) is 0 Å². The van der Waals surface area contributed by atoms with Crippen molar-refractivity contribution < 1.29 is 13.2 Å². The SMILES string of the molecule is NC(CCC(F)(F)F)c1ccc(Cl)c(Br)c1. The fourth-order valence-corrected chi connectivity index (χ4v) is 1.74. The van der Waals surface area contributed by atoms with Crippen molar-refractivity contribution in [3.63, 3.8) is 0 Å². The van der Waals surface area contributed by atoms with E-state index >= 15 is 0 Å². The topological polar surface area (TPSA) is 26.0 Å². The molecule has 0 aromatic heterocycles. The van der Waals surface area contributed by atoms with Crippen molar-refractivity contribution in [3.8, 4) is 0 Å². The third-order valence-corrected chi connectivity index (χ3v) is 3.32. The van der Waals surface area contributed by atoms with E-state index in [1.807, 2.05) is 0 Å². The zero-order valence-electron chi connectivity index (χ0n) is 8.19. The lowest BCUT2D eigenvalue weighted by molar-refractivity contribution is -0.136. The van der Waals surface area contributed by atoms with Crippen LogP contribution in [0.2, 0.25) is 5.02 Å². The number of nitrogens with two attached hydrogens (primary N) is 1. The van der Waals surface area contributed by atoms with Crippen LogP contribution < -0.4 is 5.73 Å². The summed E-state index contributed by atoms with van der Waals surface area (Å²) in [5.41, 5.74) is 6.30. The van der Waals surface area contributed by atoms with E-state index in [-0.39, 0.29) is 6.42 Å². The molecule has 16 heavy (non-hydrogen) atoms. The molecular weight excluding hydrogens is 306 g/mol. The Kier molecular flexibility index (Phi) is 4.64. The minimum Gasteiger partial charge on any atom is -0.324 e. The molecule has 1 atom stereocenters. The first-order valence-corrected chi connectivity index (χ1v) is 5.74. The first-order valence-electron chi connectivity index (χ1n) is 4.57. The summed E-state index contributed by atoms with van der Waals surface area (Å²) in [5, 5.41) is 0.506. The molecule has 1 aromatic carbocycles. The van der Waals surface area contributed by atoms with Gasteiger partial charge in [-0.25, -0.2) is 0 Å². The van der Waals surface area contributed by atoms with Crippen molar-refractivity contribution in [1.82, 2.24) is 0 Å². The summed E-state index contributed by atoms with van der Waals surface area (Å²) in [6.45, 7) is 0. The minimum absolute atomic E-state index is 0.127. The minimum atomic E-state index is -4.17. The van der Waals surface area contributed by atoms with Crippen LogP contribution in [0, 0.1) is 0 Å². The maximum absolute atomic E-state index is 12.0. The monoisotopic (exact) mass is 315 g/mol. The zero-order chi connectivity index (χ0) is 12.3. The van der Waals surface area contributed by atoms with Crippen LogP contribution in [0.3, 0.4) is 0 Å². The quantitative estimate of drug-likeness (QED) is 0.876.